The number of rotatable bonds is 3. The first-order valence-corrected chi connectivity index (χ1v) is 4.99. The SMILES string of the molecule is C/C(=N/c1ncc(C(=O)O)s1)NN(C)C. The van der Waals surface area contributed by atoms with Gasteiger partial charge in [-0.25, -0.2) is 19.8 Å². The lowest BCUT2D eigenvalue weighted by atomic mass is 10.6. The van der Waals surface area contributed by atoms with Crippen molar-refractivity contribution in [1.29, 1.82) is 0 Å². The van der Waals surface area contributed by atoms with Gasteiger partial charge in [0.2, 0.25) is 5.13 Å². The zero-order valence-electron chi connectivity index (χ0n) is 8.68. The Labute approximate surface area is 91.2 Å². The van der Waals surface area contributed by atoms with Crippen LogP contribution in [-0.4, -0.2) is 41.0 Å². The molecule has 0 aliphatic heterocycles. The maximum Gasteiger partial charge on any atom is 0.347 e. The van der Waals surface area contributed by atoms with Crippen molar-refractivity contribution in [2.75, 3.05) is 14.1 Å². The van der Waals surface area contributed by atoms with Crippen molar-refractivity contribution in [3.8, 4) is 0 Å². The molecule has 0 bridgehead atoms. The Morgan fingerprint density at radius 2 is 2.33 bits per heavy atom. The fraction of sp³-hybridized carbons (Fsp3) is 0.375. The van der Waals surface area contributed by atoms with Crippen LogP contribution in [0.5, 0.6) is 0 Å². The van der Waals surface area contributed by atoms with E-state index in [1.165, 1.54) is 6.20 Å². The van der Waals surface area contributed by atoms with Gasteiger partial charge in [0.25, 0.3) is 0 Å². The van der Waals surface area contributed by atoms with Gasteiger partial charge in [-0.05, 0) is 6.92 Å². The minimum atomic E-state index is -0.979. The van der Waals surface area contributed by atoms with Crippen LogP contribution in [0.3, 0.4) is 0 Å². The topological polar surface area (TPSA) is 77.8 Å². The summed E-state index contributed by atoms with van der Waals surface area (Å²) >= 11 is 1.04. The van der Waals surface area contributed by atoms with Gasteiger partial charge in [0.1, 0.15) is 10.7 Å². The molecule has 1 aromatic rings. The molecule has 1 aromatic heterocycles. The van der Waals surface area contributed by atoms with Crippen molar-refractivity contribution in [3.05, 3.63) is 11.1 Å². The van der Waals surface area contributed by atoms with Crippen molar-refractivity contribution in [2.45, 2.75) is 6.92 Å². The number of carbonyl (C=O) groups is 1. The summed E-state index contributed by atoms with van der Waals surface area (Å²) in [6, 6.07) is 0. The molecule has 2 N–H and O–H groups in total. The van der Waals surface area contributed by atoms with E-state index in [1.807, 2.05) is 14.1 Å². The van der Waals surface area contributed by atoms with Gasteiger partial charge < -0.3 is 10.5 Å². The average Bonchev–Trinajstić information content (AvgIpc) is 2.50. The lowest BCUT2D eigenvalue weighted by Crippen LogP contribution is -2.34. The van der Waals surface area contributed by atoms with Crippen LogP contribution in [0.1, 0.15) is 16.6 Å². The summed E-state index contributed by atoms with van der Waals surface area (Å²) < 4.78 is 0. The maximum atomic E-state index is 10.6. The highest BCUT2D eigenvalue weighted by molar-refractivity contribution is 7.17. The maximum absolute atomic E-state index is 10.6. The summed E-state index contributed by atoms with van der Waals surface area (Å²) in [6.45, 7) is 1.78. The number of aliphatic imine (C=N–C) groups is 1. The van der Waals surface area contributed by atoms with Gasteiger partial charge in [-0.1, -0.05) is 11.3 Å². The van der Waals surface area contributed by atoms with E-state index < -0.39 is 5.97 Å². The van der Waals surface area contributed by atoms with Gasteiger partial charge in [-0.2, -0.15) is 0 Å². The molecule has 0 saturated carbocycles. The molecule has 15 heavy (non-hydrogen) atoms. The lowest BCUT2D eigenvalue weighted by Gasteiger charge is -2.11. The van der Waals surface area contributed by atoms with Gasteiger partial charge in [0, 0.05) is 14.1 Å². The molecule has 0 unspecified atom stereocenters. The fourth-order valence-electron chi connectivity index (χ4n) is 0.908. The van der Waals surface area contributed by atoms with E-state index in [0.717, 1.165) is 11.3 Å². The third-order valence-corrected chi connectivity index (χ3v) is 2.23. The Morgan fingerprint density at radius 3 is 2.80 bits per heavy atom. The summed E-state index contributed by atoms with van der Waals surface area (Å²) in [5, 5.41) is 10.8. The minimum Gasteiger partial charge on any atom is -0.477 e. The molecule has 1 rings (SSSR count). The molecule has 0 saturated heterocycles. The predicted octanol–water partition coefficient (Wildman–Crippen LogP) is 0.957. The lowest BCUT2D eigenvalue weighted by molar-refractivity contribution is 0.0702. The molecular formula is C8H12N4O2S. The van der Waals surface area contributed by atoms with E-state index in [1.54, 1.807) is 11.9 Å². The van der Waals surface area contributed by atoms with Crippen LogP contribution in [0.4, 0.5) is 5.13 Å². The quantitative estimate of drug-likeness (QED) is 0.457. The second-order valence-electron chi connectivity index (χ2n) is 3.02. The predicted molar refractivity (Wildman–Crippen MR) is 58.7 cm³/mol. The van der Waals surface area contributed by atoms with Gasteiger partial charge in [-0.15, -0.1) is 0 Å². The Hall–Kier alpha value is -1.47. The van der Waals surface area contributed by atoms with Crippen LogP contribution < -0.4 is 5.43 Å². The number of hydrogen-bond acceptors (Lipinski definition) is 5. The van der Waals surface area contributed by atoms with Crippen LogP contribution in [0, 0.1) is 0 Å². The molecule has 7 heteroatoms. The number of aromatic nitrogens is 1. The second kappa shape index (κ2) is 4.85. The van der Waals surface area contributed by atoms with E-state index in [0.29, 0.717) is 11.0 Å². The standard InChI is InChI=1S/C8H12N4O2S/c1-5(11-12(2)3)10-8-9-4-6(15-8)7(13)14/h4H,1-3H3,(H,13,14)(H,9,10,11). The van der Waals surface area contributed by atoms with Crippen LogP contribution in [0.15, 0.2) is 11.2 Å². The van der Waals surface area contributed by atoms with Crippen molar-refractivity contribution in [2.24, 2.45) is 4.99 Å². The number of carboxylic acid groups (broad SMARTS) is 1. The van der Waals surface area contributed by atoms with Crippen molar-refractivity contribution >= 4 is 28.3 Å². The van der Waals surface area contributed by atoms with E-state index >= 15 is 0 Å². The Kier molecular flexibility index (Phi) is 3.75. The summed E-state index contributed by atoms with van der Waals surface area (Å²) in [5.74, 6) is -0.321. The van der Waals surface area contributed by atoms with Crippen LogP contribution >= 0.6 is 11.3 Å². The molecule has 0 spiro atoms. The Morgan fingerprint density at radius 1 is 1.67 bits per heavy atom. The third kappa shape index (κ3) is 3.64. The van der Waals surface area contributed by atoms with Crippen molar-refractivity contribution < 1.29 is 9.90 Å². The van der Waals surface area contributed by atoms with Crippen LogP contribution in [-0.2, 0) is 0 Å². The second-order valence-corrected chi connectivity index (χ2v) is 4.02. The van der Waals surface area contributed by atoms with E-state index in [2.05, 4.69) is 15.4 Å². The van der Waals surface area contributed by atoms with Crippen molar-refractivity contribution in [3.63, 3.8) is 0 Å². The van der Waals surface area contributed by atoms with Gasteiger partial charge >= 0.3 is 5.97 Å². The molecule has 1 heterocycles. The largest absolute Gasteiger partial charge is 0.477 e. The fourth-order valence-corrected chi connectivity index (χ4v) is 1.58. The van der Waals surface area contributed by atoms with E-state index in [4.69, 9.17) is 5.11 Å². The first kappa shape index (κ1) is 11.6. The Bertz CT molecular complexity index is 386. The molecule has 0 amide bonds. The number of carboxylic acids is 1. The van der Waals surface area contributed by atoms with Gasteiger partial charge in [0.15, 0.2) is 0 Å². The molecule has 82 valence electrons. The number of thiazole rings is 1. The summed E-state index contributed by atoms with van der Waals surface area (Å²) in [5.41, 5.74) is 2.93. The van der Waals surface area contributed by atoms with Crippen LogP contribution in [0.25, 0.3) is 0 Å². The highest BCUT2D eigenvalue weighted by Crippen LogP contribution is 2.20. The summed E-state index contributed by atoms with van der Waals surface area (Å²) in [7, 11) is 3.67. The number of amidine groups is 1. The molecule has 0 radical (unpaired) electrons. The average molecular weight is 228 g/mol. The highest BCUT2D eigenvalue weighted by atomic mass is 32.1. The summed E-state index contributed by atoms with van der Waals surface area (Å²) in [6.07, 6.45) is 1.30. The van der Waals surface area contributed by atoms with Gasteiger partial charge in [0.05, 0.1) is 6.20 Å². The zero-order chi connectivity index (χ0) is 11.4. The van der Waals surface area contributed by atoms with Crippen LogP contribution in [0.2, 0.25) is 0 Å². The molecule has 0 aliphatic carbocycles. The minimum absolute atomic E-state index is 0.186. The van der Waals surface area contributed by atoms with Crippen molar-refractivity contribution in [1.82, 2.24) is 15.4 Å². The molecule has 0 fully saturated rings. The third-order valence-electron chi connectivity index (χ3n) is 1.35. The number of nitrogens with one attached hydrogen (secondary N) is 1. The number of hydrogen-bond donors (Lipinski definition) is 2. The first-order valence-electron chi connectivity index (χ1n) is 4.17. The molecule has 0 aromatic carbocycles. The monoisotopic (exact) mass is 228 g/mol. The Balaban J connectivity index is 2.75. The molecule has 0 atom stereocenters. The number of hydrazine groups is 1. The molecular weight excluding hydrogens is 216 g/mol. The number of aromatic carboxylic acids is 1. The van der Waals surface area contributed by atoms with E-state index in [-0.39, 0.29) is 4.88 Å². The summed E-state index contributed by atoms with van der Waals surface area (Å²) in [4.78, 5) is 18.7. The van der Waals surface area contributed by atoms with E-state index in [9.17, 15) is 4.79 Å². The normalized spacial score (nSPS) is 11.9. The zero-order valence-corrected chi connectivity index (χ0v) is 9.50. The smallest absolute Gasteiger partial charge is 0.347 e. The first-order chi connectivity index (χ1) is 6.99. The van der Waals surface area contributed by atoms with Gasteiger partial charge in [-0.3, -0.25) is 0 Å². The molecule has 0 aliphatic rings. The molecule has 6 nitrogen and oxygen atoms in total. The highest BCUT2D eigenvalue weighted by Gasteiger charge is 2.07. The number of nitrogens with zero attached hydrogens (tertiary/aromatic N) is 3.